The lowest BCUT2D eigenvalue weighted by molar-refractivity contribution is -0.192. The summed E-state index contributed by atoms with van der Waals surface area (Å²) in [5.41, 5.74) is 5.85. The van der Waals surface area contributed by atoms with Crippen molar-refractivity contribution in [1.82, 2.24) is 0 Å². The minimum absolute atomic E-state index is 0.116. The molecule has 2 rings (SSSR count). The molecule has 0 aliphatic heterocycles. The van der Waals surface area contributed by atoms with E-state index in [1.165, 1.54) is 12.1 Å². The van der Waals surface area contributed by atoms with Crippen LogP contribution in [0.1, 0.15) is 5.56 Å². The maximum atomic E-state index is 12.1. The van der Waals surface area contributed by atoms with Gasteiger partial charge in [0.25, 0.3) is 0 Å². The molecular weight excluding hydrogens is 315 g/mol. The average molecular weight is 325 g/mol. The molecule has 0 fully saturated rings. The number of ether oxygens (including phenoxy) is 1. The van der Waals surface area contributed by atoms with Crippen LogP contribution in [0, 0.1) is 5.41 Å². The summed E-state index contributed by atoms with van der Waals surface area (Å²) in [7, 11) is 0. The molecule has 0 atom stereocenters. The monoisotopic (exact) mass is 325 g/mol. The molecule has 0 radical (unpaired) electrons. The number of amidine groups is 1. The van der Waals surface area contributed by atoms with Crippen molar-refractivity contribution < 1.29 is 27.5 Å². The van der Waals surface area contributed by atoms with Crippen molar-refractivity contribution in [1.29, 1.82) is 5.41 Å². The number of anilines is 1. The van der Waals surface area contributed by atoms with Crippen LogP contribution >= 0.6 is 0 Å². The molecule has 0 aliphatic rings. The molecule has 120 valence electrons. The largest absolute Gasteiger partial charge is 0.491 e. The maximum Gasteiger partial charge on any atom is 0.491 e. The van der Waals surface area contributed by atoms with Gasteiger partial charge in [-0.3, -0.25) is 10.7 Å². The Hall–Kier alpha value is -3.10. The van der Waals surface area contributed by atoms with E-state index >= 15 is 0 Å². The number of amides is 1. The van der Waals surface area contributed by atoms with Crippen LogP contribution in [0.15, 0.2) is 36.4 Å². The highest BCUT2D eigenvalue weighted by atomic mass is 19.4. The number of nitrogen functional groups attached to an aromatic ring is 1. The Morgan fingerprint density at radius 3 is 2.48 bits per heavy atom. The Morgan fingerprint density at radius 1 is 1.17 bits per heavy atom. The lowest BCUT2D eigenvalue weighted by Gasteiger charge is -2.10. The predicted octanol–water partition coefficient (Wildman–Crippen LogP) is 2.76. The Labute approximate surface area is 127 Å². The van der Waals surface area contributed by atoms with Crippen LogP contribution in [0.3, 0.4) is 0 Å². The Morgan fingerprint density at radius 2 is 1.87 bits per heavy atom. The Bertz CT molecular complexity index is 803. The normalized spacial score (nSPS) is 11.1. The summed E-state index contributed by atoms with van der Waals surface area (Å²) in [6, 6.07) is 9.35. The molecule has 6 nitrogen and oxygen atoms in total. The van der Waals surface area contributed by atoms with Gasteiger partial charge in [0.1, 0.15) is 5.84 Å². The summed E-state index contributed by atoms with van der Waals surface area (Å²) in [6.45, 7) is 0. The van der Waals surface area contributed by atoms with Crippen molar-refractivity contribution in [2.45, 2.75) is 6.18 Å². The first-order valence-electron chi connectivity index (χ1n) is 6.15. The average Bonchev–Trinajstić information content (AvgIpc) is 2.45. The number of benzene rings is 2. The first-order chi connectivity index (χ1) is 10.7. The van der Waals surface area contributed by atoms with E-state index in [0.717, 1.165) is 0 Å². The number of carbonyl (C=O) groups excluding carboxylic acids is 2. The number of halogens is 3. The molecule has 0 saturated heterocycles. The molecule has 2 aromatic carbocycles. The summed E-state index contributed by atoms with van der Waals surface area (Å²) >= 11 is 0. The second kappa shape index (κ2) is 5.95. The van der Waals surface area contributed by atoms with E-state index in [0.29, 0.717) is 16.3 Å². The Balaban J connectivity index is 2.29. The molecule has 0 saturated carbocycles. The van der Waals surface area contributed by atoms with Gasteiger partial charge in [-0.05, 0) is 17.5 Å². The molecule has 0 spiro atoms. The second-order valence-electron chi connectivity index (χ2n) is 4.45. The van der Waals surface area contributed by atoms with Crippen molar-refractivity contribution in [2.75, 3.05) is 5.32 Å². The van der Waals surface area contributed by atoms with Gasteiger partial charge >= 0.3 is 18.2 Å². The predicted molar refractivity (Wildman–Crippen MR) is 76.1 cm³/mol. The van der Waals surface area contributed by atoms with Crippen LogP contribution in [0.25, 0.3) is 10.8 Å². The number of hydrogen-bond donors (Lipinski definition) is 3. The van der Waals surface area contributed by atoms with Crippen molar-refractivity contribution >= 4 is 34.4 Å². The molecule has 0 heterocycles. The van der Waals surface area contributed by atoms with E-state index < -0.39 is 18.2 Å². The molecule has 9 heteroatoms. The third-order valence-electron chi connectivity index (χ3n) is 2.85. The number of alkyl halides is 3. The Kier molecular flexibility index (Phi) is 4.21. The number of esters is 1. The number of carbonyl (C=O) groups is 2. The molecule has 0 unspecified atom stereocenters. The van der Waals surface area contributed by atoms with Crippen molar-refractivity contribution in [3.05, 3.63) is 42.0 Å². The zero-order chi connectivity index (χ0) is 17.2. The van der Waals surface area contributed by atoms with E-state index in [-0.39, 0.29) is 11.5 Å². The maximum absolute atomic E-state index is 12.1. The van der Waals surface area contributed by atoms with E-state index in [1.54, 1.807) is 24.3 Å². The van der Waals surface area contributed by atoms with Gasteiger partial charge in [0.05, 0.1) is 5.69 Å². The van der Waals surface area contributed by atoms with Crippen LogP contribution in [0.5, 0.6) is 0 Å². The van der Waals surface area contributed by atoms with Gasteiger partial charge in [-0.15, -0.1) is 0 Å². The first-order valence-corrected chi connectivity index (χ1v) is 6.15. The SMILES string of the molecule is N=C(N)c1ccc2cccc(NC(=O)OC(=O)C(F)(F)F)c2c1. The van der Waals surface area contributed by atoms with Gasteiger partial charge in [0, 0.05) is 10.9 Å². The number of fused-ring (bicyclic) bond motifs is 1. The first kappa shape index (κ1) is 16.3. The summed E-state index contributed by atoms with van der Waals surface area (Å²) in [5.74, 6) is -2.82. The molecule has 2 aromatic rings. The highest BCUT2D eigenvalue weighted by Crippen LogP contribution is 2.25. The van der Waals surface area contributed by atoms with Gasteiger partial charge in [-0.1, -0.05) is 24.3 Å². The van der Waals surface area contributed by atoms with Gasteiger partial charge in [0.2, 0.25) is 0 Å². The van der Waals surface area contributed by atoms with Gasteiger partial charge in [-0.2, -0.15) is 13.2 Å². The minimum Gasteiger partial charge on any atom is -0.384 e. The van der Waals surface area contributed by atoms with Crippen molar-refractivity contribution in [3.8, 4) is 0 Å². The van der Waals surface area contributed by atoms with Crippen LogP contribution in [0.4, 0.5) is 23.7 Å². The third kappa shape index (κ3) is 3.76. The molecule has 23 heavy (non-hydrogen) atoms. The zero-order valence-electron chi connectivity index (χ0n) is 11.4. The van der Waals surface area contributed by atoms with Crippen LogP contribution in [-0.4, -0.2) is 24.1 Å². The van der Waals surface area contributed by atoms with Gasteiger partial charge in [0.15, 0.2) is 0 Å². The highest BCUT2D eigenvalue weighted by Gasteiger charge is 2.42. The molecule has 0 bridgehead atoms. The van der Waals surface area contributed by atoms with Crippen LogP contribution < -0.4 is 11.1 Å². The molecular formula is C14H10F3N3O3. The summed E-state index contributed by atoms with van der Waals surface area (Å²) in [6.07, 6.45) is -6.83. The van der Waals surface area contributed by atoms with Gasteiger partial charge < -0.3 is 10.5 Å². The summed E-state index contributed by atoms with van der Waals surface area (Å²) < 4.78 is 39.8. The summed E-state index contributed by atoms with van der Waals surface area (Å²) in [4.78, 5) is 22.0. The van der Waals surface area contributed by atoms with E-state index in [4.69, 9.17) is 11.1 Å². The second-order valence-corrected chi connectivity index (χ2v) is 4.45. The standard InChI is InChI=1S/C14H10F3N3O3/c15-14(16,17)12(21)23-13(22)20-10-3-1-2-7-4-5-8(11(18)19)6-9(7)10/h1-6H,(H3,18,19)(H,20,22). The molecule has 1 amide bonds. The number of nitrogens with two attached hydrogens (primary N) is 1. The lowest BCUT2D eigenvalue weighted by atomic mass is 10.0. The van der Waals surface area contributed by atoms with Crippen molar-refractivity contribution in [2.24, 2.45) is 5.73 Å². The molecule has 0 aromatic heterocycles. The molecule has 0 aliphatic carbocycles. The van der Waals surface area contributed by atoms with Crippen molar-refractivity contribution in [3.63, 3.8) is 0 Å². The smallest absolute Gasteiger partial charge is 0.384 e. The number of nitrogens with one attached hydrogen (secondary N) is 2. The quantitative estimate of drug-likeness (QED) is 0.342. The van der Waals surface area contributed by atoms with E-state index in [1.807, 2.05) is 0 Å². The fraction of sp³-hybridized carbons (Fsp3) is 0.0714. The minimum atomic E-state index is -5.27. The van der Waals surface area contributed by atoms with E-state index in [2.05, 4.69) is 10.1 Å². The third-order valence-corrected chi connectivity index (χ3v) is 2.85. The fourth-order valence-corrected chi connectivity index (χ4v) is 1.83. The highest BCUT2D eigenvalue weighted by molar-refractivity contribution is 6.06. The van der Waals surface area contributed by atoms with E-state index in [9.17, 15) is 22.8 Å². The lowest BCUT2D eigenvalue weighted by Crippen LogP contribution is -2.30. The topological polar surface area (TPSA) is 105 Å². The summed E-state index contributed by atoms with van der Waals surface area (Å²) in [5, 5.41) is 10.5. The number of rotatable bonds is 2. The fourth-order valence-electron chi connectivity index (χ4n) is 1.83. The van der Waals surface area contributed by atoms with Crippen LogP contribution in [-0.2, 0) is 9.53 Å². The van der Waals surface area contributed by atoms with Crippen LogP contribution in [0.2, 0.25) is 0 Å². The van der Waals surface area contributed by atoms with Gasteiger partial charge in [-0.25, -0.2) is 9.59 Å². The number of hydrogen-bond acceptors (Lipinski definition) is 4. The zero-order valence-corrected chi connectivity index (χ0v) is 11.4. The molecule has 4 N–H and O–H groups in total.